The monoisotopic (exact) mass is 354 g/mol. The first-order chi connectivity index (χ1) is 10.6. The maximum absolute atomic E-state index is 4.65. The van der Waals surface area contributed by atoms with Gasteiger partial charge in [0.05, 0.1) is 11.7 Å². The van der Waals surface area contributed by atoms with Crippen LogP contribution in [0.2, 0.25) is 0 Å². The van der Waals surface area contributed by atoms with Crippen LogP contribution in [0.1, 0.15) is 29.8 Å². The number of hydrogen-bond donors (Lipinski definition) is 0. The molecule has 0 spiro atoms. The summed E-state index contributed by atoms with van der Waals surface area (Å²) in [5.74, 6) is 0. The van der Waals surface area contributed by atoms with Crippen LogP contribution in [-0.2, 0) is 6.54 Å². The van der Waals surface area contributed by atoms with Crippen molar-refractivity contribution in [3.63, 3.8) is 0 Å². The summed E-state index contributed by atoms with van der Waals surface area (Å²) in [4.78, 5) is 6.99. The Balaban J connectivity index is 1.92. The highest BCUT2D eigenvalue weighted by Crippen LogP contribution is 2.32. The van der Waals surface area contributed by atoms with Gasteiger partial charge >= 0.3 is 0 Å². The van der Waals surface area contributed by atoms with Gasteiger partial charge in [-0.1, -0.05) is 42.5 Å². The summed E-state index contributed by atoms with van der Waals surface area (Å²) in [6, 6.07) is 12.8. The molecule has 0 bridgehead atoms. The Labute approximate surface area is 140 Å². The van der Waals surface area contributed by atoms with Gasteiger partial charge in [0, 0.05) is 23.4 Å². The van der Waals surface area contributed by atoms with Gasteiger partial charge in [0.25, 0.3) is 0 Å². The van der Waals surface area contributed by atoms with Crippen LogP contribution < -0.4 is 0 Å². The summed E-state index contributed by atoms with van der Waals surface area (Å²) in [7, 11) is 0. The predicted molar refractivity (Wildman–Crippen MR) is 94.3 cm³/mol. The number of pyridine rings is 1. The van der Waals surface area contributed by atoms with Gasteiger partial charge < -0.3 is 4.90 Å². The Hall–Kier alpha value is -1.87. The van der Waals surface area contributed by atoms with Gasteiger partial charge in [0.2, 0.25) is 0 Å². The maximum atomic E-state index is 4.65. The van der Waals surface area contributed by atoms with Crippen LogP contribution in [0.5, 0.6) is 0 Å². The summed E-state index contributed by atoms with van der Waals surface area (Å²) in [5.41, 5.74) is 4.78. The van der Waals surface area contributed by atoms with Crippen molar-refractivity contribution in [1.82, 2.24) is 9.88 Å². The summed E-state index contributed by atoms with van der Waals surface area (Å²) in [6.45, 7) is 5.06. The zero-order valence-electron chi connectivity index (χ0n) is 12.8. The lowest BCUT2D eigenvalue weighted by Gasteiger charge is -2.32. The van der Waals surface area contributed by atoms with E-state index in [1.54, 1.807) is 0 Å². The van der Waals surface area contributed by atoms with Crippen LogP contribution in [-0.4, -0.2) is 9.88 Å². The van der Waals surface area contributed by atoms with E-state index in [2.05, 4.69) is 94.4 Å². The van der Waals surface area contributed by atoms with Gasteiger partial charge in [-0.05, 0) is 52.5 Å². The van der Waals surface area contributed by atoms with Crippen LogP contribution in [0.3, 0.4) is 0 Å². The molecule has 1 aliphatic rings. The Kier molecular flexibility index (Phi) is 4.44. The van der Waals surface area contributed by atoms with Crippen LogP contribution in [0.4, 0.5) is 0 Å². The smallest absolute Gasteiger partial charge is 0.0910 e. The fraction of sp³-hybridized carbons (Fsp3) is 0.211. The average molecular weight is 355 g/mol. The van der Waals surface area contributed by atoms with E-state index in [1.165, 1.54) is 11.1 Å². The molecule has 2 aromatic rings. The molecule has 0 saturated heterocycles. The molecule has 0 amide bonds. The number of hydrogen-bond acceptors (Lipinski definition) is 2. The molecule has 112 valence electrons. The van der Waals surface area contributed by atoms with Gasteiger partial charge in [-0.25, -0.2) is 0 Å². The van der Waals surface area contributed by atoms with E-state index in [0.29, 0.717) is 0 Å². The lowest BCUT2D eigenvalue weighted by molar-refractivity contribution is 0.305. The molecular weight excluding hydrogens is 336 g/mol. The van der Waals surface area contributed by atoms with Crippen molar-refractivity contribution in [2.45, 2.75) is 26.4 Å². The molecule has 1 aromatic carbocycles. The summed E-state index contributed by atoms with van der Waals surface area (Å²) >= 11 is 3.67. The normalized spacial score (nSPS) is 17.5. The first kappa shape index (κ1) is 15.0. The largest absolute Gasteiger partial charge is 0.361 e. The van der Waals surface area contributed by atoms with E-state index in [1.807, 2.05) is 6.20 Å². The quantitative estimate of drug-likeness (QED) is 0.755. The molecule has 1 unspecified atom stereocenters. The molecule has 0 saturated carbocycles. The fourth-order valence-corrected chi connectivity index (χ4v) is 3.38. The maximum Gasteiger partial charge on any atom is 0.0910 e. The molecule has 1 aromatic heterocycles. The number of aromatic nitrogens is 1. The lowest BCUT2D eigenvalue weighted by atomic mass is 10.0. The van der Waals surface area contributed by atoms with E-state index in [0.717, 1.165) is 22.3 Å². The summed E-state index contributed by atoms with van der Waals surface area (Å²) in [6.07, 6.45) is 8.53. The first-order valence-corrected chi connectivity index (χ1v) is 8.21. The van der Waals surface area contributed by atoms with Gasteiger partial charge in [-0.15, -0.1) is 0 Å². The Morgan fingerprint density at radius 1 is 1.18 bits per heavy atom. The molecule has 0 aliphatic carbocycles. The van der Waals surface area contributed by atoms with E-state index >= 15 is 0 Å². The van der Waals surface area contributed by atoms with E-state index in [9.17, 15) is 0 Å². The standard InChI is InChI=1S/C19H19BrN2/c1-14-8-9-18(19-17(20)10-15(2)11-21-19)22(12-14)13-16-6-4-3-5-7-16/h3-12,18H,13H2,1-2H3. The number of halogens is 1. The Morgan fingerprint density at radius 3 is 2.68 bits per heavy atom. The fourth-order valence-electron chi connectivity index (χ4n) is 2.69. The van der Waals surface area contributed by atoms with Gasteiger partial charge in [-0.2, -0.15) is 0 Å². The zero-order valence-corrected chi connectivity index (χ0v) is 14.4. The van der Waals surface area contributed by atoms with E-state index in [-0.39, 0.29) is 6.04 Å². The minimum atomic E-state index is 0.152. The van der Waals surface area contributed by atoms with Crippen molar-refractivity contribution in [2.24, 2.45) is 0 Å². The summed E-state index contributed by atoms with van der Waals surface area (Å²) < 4.78 is 1.06. The van der Waals surface area contributed by atoms with Crippen molar-refractivity contribution in [3.05, 3.63) is 87.8 Å². The predicted octanol–water partition coefficient (Wildman–Crippen LogP) is 5.17. The molecule has 3 heteroatoms. The second-order valence-corrected chi connectivity index (χ2v) is 6.57. The van der Waals surface area contributed by atoms with Crippen molar-refractivity contribution < 1.29 is 0 Å². The highest BCUT2D eigenvalue weighted by molar-refractivity contribution is 9.10. The number of allylic oxidation sites excluding steroid dienone is 2. The Bertz CT molecular complexity index is 719. The van der Waals surface area contributed by atoms with Crippen molar-refractivity contribution in [3.8, 4) is 0 Å². The molecule has 0 radical (unpaired) electrons. The topological polar surface area (TPSA) is 16.1 Å². The number of rotatable bonds is 3. The minimum absolute atomic E-state index is 0.152. The van der Waals surface area contributed by atoms with Crippen LogP contribution >= 0.6 is 15.9 Å². The zero-order chi connectivity index (χ0) is 15.5. The number of benzene rings is 1. The van der Waals surface area contributed by atoms with Crippen LogP contribution in [0.25, 0.3) is 0 Å². The number of nitrogens with zero attached hydrogens (tertiary/aromatic N) is 2. The molecule has 1 atom stereocenters. The number of aryl methyl sites for hydroxylation is 1. The molecular formula is C19H19BrN2. The highest BCUT2D eigenvalue weighted by atomic mass is 79.9. The lowest BCUT2D eigenvalue weighted by Crippen LogP contribution is -2.25. The van der Waals surface area contributed by atoms with Gasteiger partial charge in [0.1, 0.15) is 0 Å². The first-order valence-electron chi connectivity index (χ1n) is 7.42. The third kappa shape index (κ3) is 3.30. The second-order valence-electron chi connectivity index (χ2n) is 5.71. The van der Waals surface area contributed by atoms with Crippen molar-refractivity contribution in [1.29, 1.82) is 0 Å². The third-order valence-electron chi connectivity index (χ3n) is 3.76. The molecule has 0 fully saturated rings. The van der Waals surface area contributed by atoms with Gasteiger partial charge in [0.15, 0.2) is 0 Å². The molecule has 3 rings (SSSR count). The molecule has 1 aliphatic heterocycles. The van der Waals surface area contributed by atoms with Crippen molar-refractivity contribution in [2.75, 3.05) is 0 Å². The molecule has 0 N–H and O–H groups in total. The van der Waals surface area contributed by atoms with E-state index < -0.39 is 0 Å². The van der Waals surface area contributed by atoms with Crippen LogP contribution in [0, 0.1) is 6.92 Å². The average Bonchev–Trinajstić information content (AvgIpc) is 2.49. The summed E-state index contributed by atoms with van der Waals surface area (Å²) in [5, 5.41) is 0. The third-order valence-corrected chi connectivity index (χ3v) is 4.40. The molecule has 22 heavy (non-hydrogen) atoms. The molecule has 2 heterocycles. The van der Waals surface area contributed by atoms with E-state index in [4.69, 9.17) is 0 Å². The molecule has 2 nitrogen and oxygen atoms in total. The van der Waals surface area contributed by atoms with Crippen molar-refractivity contribution >= 4 is 15.9 Å². The Morgan fingerprint density at radius 2 is 1.95 bits per heavy atom. The second kappa shape index (κ2) is 6.49. The minimum Gasteiger partial charge on any atom is -0.361 e. The highest BCUT2D eigenvalue weighted by Gasteiger charge is 2.21. The SMILES string of the molecule is CC1=CN(Cc2ccccc2)C(c2ncc(C)cc2Br)C=C1. The van der Waals surface area contributed by atoms with Gasteiger partial charge in [-0.3, -0.25) is 4.98 Å². The van der Waals surface area contributed by atoms with Crippen LogP contribution in [0.15, 0.2) is 71.0 Å².